The van der Waals surface area contributed by atoms with Crippen LogP contribution >= 0.6 is 0 Å². The maximum atomic E-state index is 13.6. The monoisotopic (exact) mass is 318 g/mol. The van der Waals surface area contributed by atoms with Gasteiger partial charge < -0.3 is 4.90 Å². The molecule has 7 heteroatoms. The molecular formula is C14H20F2N2O2S. The van der Waals surface area contributed by atoms with Gasteiger partial charge in [-0.2, -0.15) is 0 Å². The number of sulfonamides is 1. The van der Waals surface area contributed by atoms with E-state index in [1.54, 1.807) is 0 Å². The van der Waals surface area contributed by atoms with Crippen molar-refractivity contribution >= 4 is 10.0 Å². The molecule has 0 bridgehead atoms. The number of likely N-dealkylation sites (tertiary alicyclic amines) is 1. The topological polar surface area (TPSA) is 49.4 Å². The van der Waals surface area contributed by atoms with Gasteiger partial charge in [-0.3, -0.25) is 0 Å². The first kappa shape index (κ1) is 16.3. The van der Waals surface area contributed by atoms with Gasteiger partial charge in [-0.25, -0.2) is 21.9 Å². The van der Waals surface area contributed by atoms with Gasteiger partial charge in [0.15, 0.2) is 0 Å². The van der Waals surface area contributed by atoms with Crippen LogP contribution < -0.4 is 4.72 Å². The number of hydrogen-bond acceptors (Lipinski definition) is 3. The van der Waals surface area contributed by atoms with E-state index >= 15 is 0 Å². The molecule has 0 saturated carbocycles. The minimum absolute atomic E-state index is 0.199. The molecule has 0 aromatic heterocycles. The standard InChI is InChI=1S/C14H20F2N2O2S/c1-2-18-7-3-4-11(10-18)9-17-21(19,20)14-8-12(15)5-6-13(14)16/h5-6,8,11,17H,2-4,7,9-10H2,1H3. The molecule has 1 N–H and O–H groups in total. The molecule has 0 spiro atoms. The fourth-order valence-corrected chi connectivity index (χ4v) is 3.80. The van der Waals surface area contributed by atoms with Crippen molar-refractivity contribution in [3.63, 3.8) is 0 Å². The van der Waals surface area contributed by atoms with E-state index in [-0.39, 0.29) is 12.5 Å². The molecule has 1 heterocycles. The summed E-state index contributed by atoms with van der Waals surface area (Å²) in [6.45, 7) is 5.09. The highest BCUT2D eigenvalue weighted by Gasteiger charge is 2.24. The third kappa shape index (κ3) is 4.21. The zero-order valence-corrected chi connectivity index (χ0v) is 12.8. The van der Waals surface area contributed by atoms with Crippen molar-refractivity contribution in [1.29, 1.82) is 0 Å². The lowest BCUT2D eigenvalue weighted by Crippen LogP contribution is -2.40. The predicted octanol–water partition coefficient (Wildman–Crippen LogP) is 1.97. The Morgan fingerprint density at radius 3 is 2.86 bits per heavy atom. The van der Waals surface area contributed by atoms with Gasteiger partial charge in [0.2, 0.25) is 10.0 Å². The van der Waals surface area contributed by atoms with E-state index in [9.17, 15) is 17.2 Å². The van der Waals surface area contributed by atoms with Crippen molar-refractivity contribution in [3.8, 4) is 0 Å². The first-order valence-corrected chi connectivity index (χ1v) is 8.57. The normalized spacial score (nSPS) is 20.6. The largest absolute Gasteiger partial charge is 0.303 e. The molecule has 1 saturated heterocycles. The van der Waals surface area contributed by atoms with E-state index in [2.05, 4.69) is 16.5 Å². The van der Waals surface area contributed by atoms with Crippen LogP contribution in [0.3, 0.4) is 0 Å². The average Bonchev–Trinajstić information content (AvgIpc) is 2.48. The Balaban J connectivity index is 2.03. The SMILES string of the molecule is CCN1CCCC(CNS(=O)(=O)c2cc(F)ccc2F)C1. The molecule has 1 unspecified atom stereocenters. The number of hydrogen-bond donors (Lipinski definition) is 1. The number of nitrogens with zero attached hydrogens (tertiary/aromatic N) is 1. The molecule has 4 nitrogen and oxygen atoms in total. The van der Waals surface area contributed by atoms with Crippen molar-refractivity contribution in [1.82, 2.24) is 9.62 Å². The van der Waals surface area contributed by atoms with Crippen LogP contribution in [0.1, 0.15) is 19.8 Å². The van der Waals surface area contributed by atoms with E-state index < -0.39 is 26.6 Å². The Bertz CT molecular complexity index is 593. The Morgan fingerprint density at radius 2 is 2.14 bits per heavy atom. The highest BCUT2D eigenvalue weighted by atomic mass is 32.2. The second-order valence-electron chi connectivity index (χ2n) is 5.33. The number of piperidine rings is 1. The van der Waals surface area contributed by atoms with Crippen LogP contribution in [0.2, 0.25) is 0 Å². The quantitative estimate of drug-likeness (QED) is 0.903. The molecule has 1 aliphatic rings. The van der Waals surface area contributed by atoms with Crippen LogP contribution in [0, 0.1) is 17.6 Å². The van der Waals surface area contributed by atoms with E-state index in [0.717, 1.165) is 44.6 Å². The molecule has 1 aliphatic heterocycles. The number of benzene rings is 1. The van der Waals surface area contributed by atoms with Crippen molar-refractivity contribution in [2.75, 3.05) is 26.2 Å². The first-order chi connectivity index (χ1) is 9.92. The molecule has 0 aliphatic carbocycles. The van der Waals surface area contributed by atoms with Crippen molar-refractivity contribution in [2.45, 2.75) is 24.7 Å². The van der Waals surface area contributed by atoms with E-state index in [4.69, 9.17) is 0 Å². The maximum absolute atomic E-state index is 13.6. The van der Waals surface area contributed by atoms with Gasteiger partial charge >= 0.3 is 0 Å². The lowest BCUT2D eigenvalue weighted by atomic mass is 9.98. The fraction of sp³-hybridized carbons (Fsp3) is 0.571. The molecule has 1 aromatic rings. The highest BCUT2D eigenvalue weighted by Crippen LogP contribution is 2.18. The van der Waals surface area contributed by atoms with E-state index in [1.807, 2.05) is 0 Å². The molecule has 21 heavy (non-hydrogen) atoms. The Labute approximate surface area is 124 Å². The lowest BCUT2D eigenvalue weighted by molar-refractivity contribution is 0.184. The average molecular weight is 318 g/mol. The van der Waals surface area contributed by atoms with Gasteiger partial charge in [0, 0.05) is 13.1 Å². The molecular weight excluding hydrogens is 298 g/mol. The summed E-state index contributed by atoms with van der Waals surface area (Å²) in [7, 11) is -4.02. The lowest BCUT2D eigenvalue weighted by Gasteiger charge is -2.31. The van der Waals surface area contributed by atoms with Crippen LogP contribution in [0.4, 0.5) is 8.78 Å². The van der Waals surface area contributed by atoms with Gasteiger partial charge in [-0.05, 0) is 50.0 Å². The molecule has 1 fully saturated rings. The van der Waals surface area contributed by atoms with Crippen LogP contribution in [-0.2, 0) is 10.0 Å². The predicted molar refractivity (Wildman–Crippen MR) is 76.4 cm³/mol. The van der Waals surface area contributed by atoms with Crippen molar-refractivity contribution in [3.05, 3.63) is 29.8 Å². The van der Waals surface area contributed by atoms with Gasteiger partial charge in [-0.1, -0.05) is 6.92 Å². The molecule has 0 radical (unpaired) electrons. The number of rotatable bonds is 5. The Hall–Kier alpha value is -1.05. The van der Waals surface area contributed by atoms with Gasteiger partial charge in [0.05, 0.1) is 0 Å². The summed E-state index contributed by atoms with van der Waals surface area (Å²) in [6.07, 6.45) is 1.96. The second kappa shape index (κ2) is 6.81. The summed E-state index contributed by atoms with van der Waals surface area (Å²) in [4.78, 5) is 1.62. The maximum Gasteiger partial charge on any atom is 0.243 e. The molecule has 2 rings (SSSR count). The van der Waals surface area contributed by atoms with Crippen LogP contribution in [0.15, 0.2) is 23.1 Å². The van der Waals surface area contributed by atoms with Crippen molar-refractivity contribution < 1.29 is 17.2 Å². The Morgan fingerprint density at radius 1 is 1.38 bits per heavy atom. The van der Waals surface area contributed by atoms with E-state index in [1.165, 1.54) is 0 Å². The van der Waals surface area contributed by atoms with E-state index in [0.29, 0.717) is 6.07 Å². The second-order valence-corrected chi connectivity index (χ2v) is 7.06. The number of nitrogens with one attached hydrogen (secondary N) is 1. The molecule has 118 valence electrons. The molecule has 0 amide bonds. The Kier molecular flexibility index (Phi) is 5.29. The third-order valence-corrected chi connectivity index (χ3v) is 5.23. The zero-order chi connectivity index (χ0) is 15.5. The first-order valence-electron chi connectivity index (χ1n) is 7.09. The van der Waals surface area contributed by atoms with Crippen LogP contribution in [-0.4, -0.2) is 39.5 Å². The summed E-state index contributed by atoms with van der Waals surface area (Å²) in [5.74, 6) is -1.51. The van der Waals surface area contributed by atoms with Crippen LogP contribution in [0.25, 0.3) is 0 Å². The summed E-state index contributed by atoms with van der Waals surface area (Å²) < 4.78 is 53.2. The van der Waals surface area contributed by atoms with Crippen molar-refractivity contribution in [2.24, 2.45) is 5.92 Å². The van der Waals surface area contributed by atoms with Crippen LogP contribution in [0.5, 0.6) is 0 Å². The minimum atomic E-state index is -4.02. The molecule has 1 atom stereocenters. The molecule has 1 aromatic carbocycles. The van der Waals surface area contributed by atoms with Gasteiger partial charge in [0.1, 0.15) is 16.5 Å². The zero-order valence-electron chi connectivity index (χ0n) is 12.0. The third-order valence-electron chi connectivity index (χ3n) is 3.80. The van der Waals surface area contributed by atoms with Gasteiger partial charge in [-0.15, -0.1) is 0 Å². The number of halogens is 2. The summed E-state index contributed by atoms with van der Waals surface area (Å²) in [5.41, 5.74) is 0. The highest BCUT2D eigenvalue weighted by molar-refractivity contribution is 7.89. The smallest absolute Gasteiger partial charge is 0.243 e. The minimum Gasteiger partial charge on any atom is -0.303 e. The summed E-state index contributed by atoms with van der Waals surface area (Å²) in [6, 6.07) is 2.43. The summed E-state index contributed by atoms with van der Waals surface area (Å²) >= 11 is 0. The van der Waals surface area contributed by atoms with Gasteiger partial charge in [0.25, 0.3) is 0 Å². The fourth-order valence-electron chi connectivity index (χ4n) is 2.59. The summed E-state index contributed by atoms with van der Waals surface area (Å²) in [5, 5.41) is 0.